The van der Waals surface area contributed by atoms with Gasteiger partial charge in [-0.1, -0.05) is 35.9 Å². The number of halogens is 1. The van der Waals surface area contributed by atoms with Crippen LogP contribution in [0.1, 0.15) is 5.56 Å². The predicted molar refractivity (Wildman–Crippen MR) is 69.6 cm³/mol. The van der Waals surface area contributed by atoms with E-state index in [1.54, 1.807) is 30.3 Å². The van der Waals surface area contributed by atoms with Crippen LogP contribution in [0.15, 0.2) is 47.4 Å². The minimum Gasteiger partial charge on any atom is -0.744 e. The minimum absolute atomic E-state index is 0.213. The molecule has 0 saturated heterocycles. The minimum atomic E-state index is -4.49. The van der Waals surface area contributed by atoms with Crippen LogP contribution >= 0.6 is 11.6 Å². The molecule has 0 N–H and O–H groups in total. The molecule has 2 aromatic carbocycles. The van der Waals surface area contributed by atoms with Crippen LogP contribution in [0.25, 0.3) is 11.1 Å². The molecular formula is C13H10ClO3S-. The molecule has 0 aliphatic carbocycles. The van der Waals surface area contributed by atoms with E-state index in [1.807, 2.05) is 6.92 Å². The Hall–Kier alpha value is -1.36. The summed E-state index contributed by atoms with van der Waals surface area (Å²) in [6.45, 7) is 1.81. The lowest BCUT2D eigenvalue weighted by molar-refractivity contribution is 0.463. The standard InChI is InChI=1S/C13H11ClO3S/c1-9-8-10(14)6-7-11(9)12-4-2-3-5-13(12)18(15,16)17/h2-8H,1H3,(H,15,16,17)/p-1. The maximum absolute atomic E-state index is 11.2. The van der Waals surface area contributed by atoms with Crippen LogP contribution in [0.2, 0.25) is 5.02 Å². The van der Waals surface area contributed by atoms with E-state index in [0.29, 0.717) is 16.1 Å². The summed E-state index contributed by atoms with van der Waals surface area (Å²) in [7, 11) is -4.49. The molecule has 0 radical (unpaired) electrons. The van der Waals surface area contributed by atoms with Gasteiger partial charge in [0.25, 0.3) is 0 Å². The Morgan fingerprint density at radius 2 is 1.72 bits per heavy atom. The van der Waals surface area contributed by atoms with Crippen molar-refractivity contribution in [3.63, 3.8) is 0 Å². The third-order valence-electron chi connectivity index (χ3n) is 2.64. The SMILES string of the molecule is Cc1cc(Cl)ccc1-c1ccccc1S(=O)(=O)[O-]. The molecule has 0 spiro atoms. The molecule has 0 heterocycles. The molecule has 0 aliphatic rings. The summed E-state index contributed by atoms with van der Waals surface area (Å²) in [6.07, 6.45) is 0. The molecule has 0 amide bonds. The van der Waals surface area contributed by atoms with Gasteiger partial charge in [-0.3, -0.25) is 0 Å². The van der Waals surface area contributed by atoms with E-state index in [9.17, 15) is 13.0 Å². The van der Waals surface area contributed by atoms with Crippen molar-refractivity contribution in [1.29, 1.82) is 0 Å². The first-order chi connectivity index (χ1) is 8.39. The fourth-order valence-corrected chi connectivity index (χ4v) is 2.76. The Kier molecular flexibility index (Phi) is 3.43. The van der Waals surface area contributed by atoms with E-state index in [0.717, 1.165) is 5.56 Å². The Balaban J connectivity index is 2.72. The smallest absolute Gasteiger partial charge is 0.125 e. The lowest BCUT2D eigenvalue weighted by Gasteiger charge is -2.14. The normalized spacial score (nSPS) is 11.5. The lowest BCUT2D eigenvalue weighted by Crippen LogP contribution is -2.01. The van der Waals surface area contributed by atoms with Gasteiger partial charge >= 0.3 is 0 Å². The number of aryl methyl sites for hydroxylation is 1. The third-order valence-corrected chi connectivity index (χ3v) is 3.76. The molecule has 18 heavy (non-hydrogen) atoms. The fourth-order valence-electron chi connectivity index (χ4n) is 1.84. The number of hydrogen-bond acceptors (Lipinski definition) is 3. The molecule has 0 aliphatic heterocycles. The molecule has 0 aromatic heterocycles. The summed E-state index contributed by atoms with van der Waals surface area (Å²) < 4.78 is 33.7. The zero-order valence-electron chi connectivity index (χ0n) is 9.55. The summed E-state index contributed by atoms with van der Waals surface area (Å²) in [5.41, 5.74) is 1.91. The molecule has 3 nitrogen and oxygen atoms in total. The van der Waals surface area contributed by atoms with Crippen LogP contribution in [0, 0.1) is 6.92 Å². The summed E-state index contributed by atoms with van der Waals surface area (Å²) in [6, 6.07) is 11.2. The highest BCUT2D eigenvalue weighted by Crippen LogP contribution is 2.30. The van der Waals surface area contributed by atoms with Crippen LogP contribution in [0.4, 0.5) is 0 Å². The molecule has 0 atom stereocenters. The van der Waals surface area contributed by atoms with Crippen molar-refractivity contribution < 1.29 is 13.0 Å². The second kappa shape index (κ2) is 4.72. The number of hydrogen-bond donors (Lipinski definition) is 0. The molecule has 94 valence electrons. The van der Waals surface area contributed by atoms with Crippen LogP contribution in [0.3, 0.4) is 0 Å². The van der Waals surface area contributed by atoms with Crippen molar-refractivity contribution in [2.45, 2.75) is 11.8 Å². The van der Waals surface area contributed by atoms with Crippen molar-refractivity contribution in [1.82, 2.24) is 0 Å². The van der Waals surface area contributed by atoms with Crippen molar-refractivity contribution in [3.05, 3.63) is 53.1 Å². The lowest BCUT2D eigenvalue weighted by atomic mass is 10.0. The predicted octanol–water partition coefficient (Wildman–Crippen LogP) is 3.22. The highest BCUT2D eigenvalue weighted by molar-refractivity contribution is 7.85. The average molecular weight is 282 g/mol. The van der Waals surface area contributed by atoms with E-state index < -0.39 is 10.1 Å². The zero-order valence-corrected chi connectivity index (χ0v) is 11.1. The molecule has 0 fully saturated rings. The Morgan fingerprint density at radius 3 is 2.33 bits per heavy atom. The van der Waals surface area contributed by atoms with Gasteiger partial charge in [0.1, 0.15) is 10.1 Å². The van der Waals surface area contributed by atoms with Crippen molar-refractivity contribution in [2.24, 2.45) is 0 Å². The van der Waals surface area contributed by atoms with Crippen molar-refractivity contribution in [2.75, 3.05) is 0 Å². The number of benzene rings is 2. The highest BCUT2D eigenvalue weighted by Gasteiger charge is 2.11. The van der Waals surface area contributed by atoms with Crippen LogP contribution in [-0.4, -0.2) is 13.0 Å². The monoisotopic (exact) mass is 281 g/mol. The summed E-state index contributed by atoms with van der Waals surface area (Å²) >= 11 is 5.85. The highest BCUT2D eigenvalue weighted by atomic mass is 35.5. The Bertz CT molecular complexity index is 693. The Labute approximate surface area is 111 Å². The topological polar surface area (TPSA) is 57.2 Å². The molecule has 0 unspecified atom stereocenters. The summed E-state index contributed by atoms with van der Waals surface area (Å²) in [5.74, 6) is 0. The average Bonchev–Trinajstić information content (AvgIpc) is 2.28. The first kappa shape index (κ1) is 13.1. The van der Waals surface area contributed by atoms with E-state index in [4.69, 9.17) is 11.6 Å². The third kappa shape index (κ3) is 2.56. The fraction of sp³-hybridized carbons (Fsp3) is 0.0769. The second-order valence-corrected chi connectivity index (χ2v) is 5.69. The van der Waals surface area contributed by atoms with E-state index in [1.165, 1.54) is 12.1 Å². The van der Waals surface area contributed by atoms with Gasteiger partial charge in [0.15, 0.2) is 0 Å². The molecule has 0 saturated carbocycles. The van der Waals surface area contributed by atoms with Crippen molar-refractivity contribution in [3.8, 4) is 11.1 Å². The van der Waals surface area contributed by atoms with Gasteiger partial charge in [-0.05, 0) is 41.8 Å². The van der Waals surface area contributed by atoms with E-state index in [-0.39, 0.29) is 4.90 Å². The van der Waals surface area contributed by atoms with Gasteiger partial charge in [-0.2, -0.15) is 0 Å². The first-order valence-corrected chi connectivity index (χ1v) is 6.99. The summed E-state index contributed by atoms with van der Waals surface area (Å²) in [4.78, 5) is -0.213. The molecular weight excluding hydrogens is 272 g/mol. The van der Waals surface area contributed by atoms with Gasteiger partial charge in [-0.15, -0.1) is 0 Å². The quantitative estimate of drug-likeness (QED) is 0.794. The second-order valence-electron chi connectivity index (χ2n) is 3.91. The van der Waals surface area contributed by atoms with Crippen LogP contribution in [0.5, 0.6) is 0 Å². The molecule has 5 heteroatoms. The van der Waals surface area contributed by atoms with Gasteiger partial charge in [0.05, 0.1) is 4.90 Å². The summed E-state index contributed by atoms with van der Waals surface area (Å²) in [5, 5.41) is 0.568. The number of rotatable bonds is 2. The van der Waals surface area contributed by atoms with E-state index >= 15 is 0 Å². The van der Waals surface area contributed by atoms with Gasteiger partial charge in [-0.25, -0.2) is 8.42 Å². The first-order valence-electron chi connectivity index (χ1n) is 5.21. The van der Waals surface area contributed by atoms with Gasteiger partial charge in [0.2, 0.25) is 0 Å². The maximum atomic E-state index is 11.2. The largest absolute Gasteiger partial charge is 0.744 e. The van der Waals surface area contributed by atoms with Crippen molar-refractivity contribution >= 4 is 21.7 Å². The molecule has 0 bridgehead atoms. The molecule has 2 rings (SSSR count). The van der Waals surface area contributed by atoms with Crippen LogP contribution in [-0.2, 0) is 10.1 Å². The van der Waals surface area contributed by atoms with E-state index in [2.05, 4.69) is 0 Å². The molecule has 2 aromatic rings. The Morgan fingerprint density at radius 1 is 1.06 bits per heavy atom. The maximum Gasteiger partial charge on any atom is 0.125 e. The van der Waals surface area contributed by atoms with Gasteiger partial charge in [0, 0.05) is 5.02 Å². The van der Waals surface area contributed by atoms with Crippen LogP contribution < -0.4 is 0 Å². The zero-order chi connectivity index (χ0) is 13.3. The van der Waals surface area contributed by atoms with Gasteiger partial charge < -0.3 is 4.55 Å².